The van der Waals surface area contributed by atoms with Crippen LogP contribution in [-0.2, 0) is 0 Å². The van der Waals surface area contributed by atoms with Gasteiger partial charge < -0.3 is 17.3 Å². The third kappa shape index (κ3) is 4.42. The molecule has 1 aromatic heterocycles. The molecule has 16 heavy (non-hydrogen) atoms. The van der Waals surface area contributed by atoms with Crippen LogP contribution in [0.4, 0.5) is 17.3 Å². The van der Waals surface area contributed by atoms with Gasteiger partial charge in [0, 0.05) is 0 Å². The van der Waals surface area contributed by atoms with Gasteiger partial charge in [-0.1, -0.05) is 0 Å². The summed E-state index contributed by atoms with van der Waals surface area (Å²) in [6, 6.07) is 2.04. The van der Waals surface area contributed by atoms with Crippen LogP contribution in [0.2, 0.25) is 0 Å². The Hall–Kier alpha value is -0.725. The van der Waals surface area contributed by atoms with E-state index in [4.69, 9.17) is 11.6 Å². The minimum Gasteiger partial charge on any atom is -0.418 e. The van der Waals surface area contributed by atoms with Gasteiger partial charge in [-0.2, -0.15) is 0 Å². The summed E-state index contributed by atoms with van der Waals surface area (Å²) in [4.78, 5) is 0. The summed E-state index contributed by atoms with van der Waals surface area (Å²) < 4.78 is 40.2. The van der Waals surface area contributed by atoms with Crippen molar-refractivity contribution in [3.8, 4) is 0 Å². The van der Waals surface area contributed by atoms with Crippen molar-refractivity contribution in [2.75, 3.05) is 7.05 Å². The van der Waals surface area contributed by atoms with Gasteiger partial charge in [0.2, 0.25) is 5.16 Å². The summed E-state index contributed by atoms with van der Waals surface area (Å²) >= 11 is 7.70. The number of nitrogens with two attached hydrogens (primary N) is 1. The molecule has 2 rings (SSSR count). The van der Waals surface area contributed by atoms with Crippen LogP contribution >= 0.6 is 22.9 Å². The second-order valence-electron chi connectivity index (χ2n) is 2.97. The highest BCUT2D eigenvalue weighted by molar-refractivity contribution is 7.07. The molecule has 9 heteroatoms. The molecule has 0 amide bonds. The van der Waals surface area contributed by atoms with Gasteiger partial charge in [0.1, 0.15) is 0 Å². The molecule has 0 saturated carbocycles. The molecule has 2 nitrogen and oxygen atoms in total. The van der Waals surface area contributed by atoms with Gasteiger partial charge in [0.25, 0.3) is 0 Å². The number of nitrogens with zero attached hydrogens (tertiary/aromatic N) is 1. The van der Waals surface area contributed by atoms with Crippen LogP contribution in [0.25, 0.3) is 11.4 Å². The summed E-state index contributed by atoms with van der Waals surface area (Å²) in [5.74, 6) is 0. The number of thiophene rings is 1. The van der Waals surface area contributed by atoms with E-state index in [0.717, 1.165) is 10.4 Å². The van der Waals surface area contributed by atoms with Gasteiger partial charge in [0.05, 0.1) is 23.0 Å². The molecule has 2 N–H and O–H groups in total. The quantitative estimate of drug-likeness (QED) is 0.316. The largest absolute Gasteiger partial charge is 0.673 e. The molecule has 0 aromatic carbocycles. The smallest absolute Gasteiger partial charge is 0.418 e. The Balaban J connectivity index is 0.000000221. The molecule has 0 bridgehead atoms. The highest BCUT2D eigenvalue weighted by Gasteiger charge is 2.20. The van der Waals surface area contributed by atoms with E-state index in [9.17, 15) is 17.3 Å². The molecular formula is C7H8BClF4N2S. The molecule has 1 aliphatic heterocycles. The van der Waals surface area contributed by atoms with Crippen LogP contribution in [0, 0.1) is 0 Å². The van der Waals surface area contributed by atoms with Crippen LogP contribution in [0.1, 0.15) is 0 Å². The zero-order valence-electron chi connectivity index (χ0n) is 8.13. The fourth-order valence-electron chi connectivity index (χ4n) is 1.09. The number of hydrogen-bond acceptors (Lipinski definition) is 2. The average Bonchev–Trinajstić information content (AvgIpc) is 2.47. The van der Waals surface area contributed by atoms with E-state index in [0.29, 0.717) is 0 Å². The zero-order chi connectivity index (χ0) is 12.3. The predicted molar refractivity (Wildman–Crippen MR) is 57.2 cm³/mol. The Morgan fingerprint density at radius 1 is 1.38 bits per heavy atom. The molecule has 0 aliphatic carbocycles. The van der Waals surface area contributed by atoms with Crippen molar-refractivity contribution in [2.24, 2.45) is 0 Å². The zero-order valence-corrected chi connectivity index (χ0v) is 9.70. The molecule has 0 spiro atoms. The number of hydrogen-bond donors (Lipinski definition) is 1. The lowest BCUT2D eigenvalue weighted by Crippen LogP contribution is -2.90. The lowest BCUT2D eigenvalue weighted by molar-refractivity contribution is -0.702. The average molecular weight is 274 g/mol. The Labute approximate surface area is 97.9 Å². The minimum absolute atomic E-state index is 0.825. The third-order valence-electron chi connectivity index (χ3n) is 1.59. The lowest BCUT2D eigenvalue weighted by atomic mass is 10.3. The van der Waals surface area contributed by atoms with Crippen molar-refractivity contribution in [2.45, 2.75) is 0 Å². The second-order valence-corrected chi connectivity index (χ2v) is 4.32. The number of rotatable bonds is 0. The Kier molecular flexibility index (Phi) is 4.23. The maximum atomic E-state index is 9.75. The van der Waals surface area contributed by atoms with E-state index in [2.05, 4.69) is 11.6 Å². The van der Waals surface area contributed by atoms with Gasteiger partial charge in [-0.05, 0) is 23.0 Å². The monoisotopic (exact) mass is 274 g/mol. The van der Waals surface area contributed by atoms with Gasteiger partial charge in [0.15, 0.2) is 0 Å². The van der Waals surface area contributed by atoms with Crippen molar-refractivity contribution >= 4 is 41.5 Å². The molecule has 0 unspecified atom stereocenters. The highest BCUT2D eigenvalue weighted by Crippen LogP contribution is 2.06. The lowest BCUT2D eigenvalue weighted by Gasteiger charge is -2.11. The van der Waals surface area contributed by atoms with E-state index in [1.54, 1.807) is 11.3 Å². The number of fused-ring (bicyclic) bond motifs is 1. The van der Waals surface area contributed by atoms with Gasteiger partial charge >= 0.3 is 7.25 Å². The second kappa shape index (κ2) is 5.07. The summed E-state index contributed by atoms with van der Waals surface area (Å²) in [5, 5.41) is 6.00. The van der Waals surface area contributed by atoms with Crippen molar-refractivity contribution in [3.63, 3.8) is 0 Å². The van der Waals surface area contributed by atoms with Crippen molar-refractivity contribution in [1.29, 1.82) is 0 Å². The Bertz CT molecular complexity index is 465. The molecule has 0 radical (unpaired) electrons. The van der Waals surface area contributed by atoms with Crippen molar-refractivity contribution < 1.29 is 22.7 Å². The first-order valence-electron chi connectivity index (χ1n) is 4.16. The molecule has 0 fully saturated rings. The summed E-state index contributed by atoms with van der Waals surface area (Å²) in [5.41, 5.74) is 1.91. The normalized spacial score (nSPS) is 14.9. The SMILES string of the molecule is CN1C=c2sccc2=C(Cl)[NH2+]1.F[B-](F)(F)F. The van der Waals surface area contributed by atoms with Gasteiger partial charge in [-0.25, -0.2) is 10.4 Å². The summed E-state index contributed by atoms with van der Waals surface area (Å²) in [7, 11) is -4.02. The third-order valence-corrected chi connectivity index (χ3v) is 2.74. The molecule has 0 saturated heterocycles. The Morgan fingerprint density at radius 3 is 2.50 bits per heavy atom. The van der Waals surface area contributed by atoms with Crippen LogP contribution in [0.15, 0.2) is 11.4 Å². The number of quaternary nitrogens is 1. The van der Waals surface area contributed by atoms with E-state index >= 15 is 0 Å². The molecule has 0 atom stereocenters. The fourth-order valence-corrected chi connectivity index (χ4v) is 2.35. The molecule has 1 aliphatic rings. The number of halogens is 5. The van der Waals surface area contributed by atoms with Crippen LogP contribution < -0.4 is 15.2 Å². The maximum absolute atomic E-state index is 9.75. The summed E-state index contributed by atoms with van der Waals surface area (Å²) in [6.07, 6.45) is 2.08. The van der Waals surface area contributed by atoms with Crippen molar-refractivity contribution in [3.05, 3.63) is 21.2 Å². The first kappa shape index (κ1) is 13.3. The topological polar surface area (TPSA) is 19.9 Å². The van der Waals surface area contributed by atoms with Gasteiger partial charge in [-0.3, -0.25) is 0 Å². The first-order valence-corrected chi connectivity index (χ1v) is 5.42. The van der Waals surface area contributed by atoms with E-state index in [-0.39, 0.29) is 0 Å². The predicted octanol–water partition coefficient (Wildman–Crippen LogP) is 0.514. The molecule has 1 aromatic rings. The molecule has 90 valence electrons. The van der Waals surface area contributed by atoms with Crippen LogP contribution in [-0.4, -0.2) is 19.3 Å². The summed E-state index contributed by atoms with van der Waals surface area (Å²) in [6.45, 7) is 0. The standard InChI is InChI=1S/C7H7ClN2S.BF4/c1-10-4-6-5(2-3-11-6)7(8)9-10;2-1(3,4)5/h2-4,9H,1H3;/q;-1/p+1. The first-order chi connectivity index (χ1) is 7.27. The van der Waals surface area contributed by atoms with Crippen molar-refractivity contribution in [1.82, 2.24) is 5.01 Å². The van der Waals surface area contributed by atoms with E-state index < -0.39 is 7.25 Å². The minimum atomic E-state index is -6.00. The Morgan fingerprint density at radius 2 is 1.94 bits per heavy atom. The van der Waals surface area contributed by atoms with E-state index in [1.807, 2.05) is 23.5 Å². The van der Waals surface area contributed by atoms with Crippen LogP contribution in [0.5, 0.6) is 0 Å². The van der Waals surface area contributed by atoms with Crippen LogP contribution in [0.3, 0.4) is 0 Å². The molecular weight excluding hydrogens is 266 g/mol. The van der Waals surface area contributed by atoms with E-state index in [1.165, 1.54) is 4.53 Å². The van der Waals surface area contributed by atoms with Gasteiger partial charge in [-0.15, -0.1) is 11.3 Å². The maximum Gasteiger partial charge on any atom is 0.673 e. The fraction of sp³-hybridized carbons (Fsp3) is 0.143. The molecule has 2 heterocycles. The highest BCUT2D eigenvalue weighted by atomic mass is 35.5.